The van der Waals surface area contributed by atoms with E-state index < -0.39 is 15.9 Å². The van der Waals surface area contributed by atoms with Crippen molar-refractivity contribution < 1.29 is 13.5 Å². The zero-order valence-electron chi connectivity index (χ0n) is 6.66. The number of hydrogen-bond acceptors (Lipinski definition) is 3. The third-order valence-corrected chi connectivity index (χ3v) is 4.02. The highest BCUT2D eigenvalue weighted by molar-refractivity contribution is 7.91. The largest absolute Gasteiger partial charge is 0.393 e. The number of sulfone groups is 1. The van der Waals surface area contributed by atoms with Crippen molar-refractivity contribution in [3.05, 3.63) is 0 Å². The van der Waals surface area contributed by atoms with Crippen LogP contribution in [0.4, 0.5) is 0 Å². The summed E-state index contributed by atoms with van der Waals surface area (Å²) in [5.41, 5.74) is 0. The first-order chi connectivity index (χ1) is 5.05. The van der Waals surface area contributed by atoms with Crippen molar-refractivity contribution in [2.45, 2.75) is 25.9 Å². The molecule has 11 heavy (non-hydrogen) atoms. The Hall–Kier alpha value is -0.0900. The van der Waals surface area contributed by atoms with Crippen molar-refractivity contribution >= 4 is 9.84 Å². The Kier molecular flexibility index (Phi) is 2.54. The first-order valence-electron chi connectivity index (χ1n) is 3.93. The maximum atomic E-state index is 11.0. The molecule has 1 N–H and O–H groups in total. The van der Waals surface area contributed by atoms with Crippen molar-refractivity contribution in [2.24, 2.45) is 5.92 Å². The average molecular weight is 178 g/mol. The van der Waals surface area contributed by atoms with Gasteiger partial charge in [0.25, 0.3) is 0 Å². The molecule has 0 saturated carbocycles. The topological polar surface area (TPSA) is 54.4 Å². The lowest BCUT2D eigenvalue weighted by Gasteiger charge is -2.13. The Morgan fingerprint density at radius 2 is 2.27 bits per heavy atom. The molecular weight excluding hydrogens is 164 g/mol. The summed E-state index contributed by atoms with van der Waals surface area (Å²) in [7, 11) is -2.81. The molecule has 4 heteroatoms. The van der Waals surface area contributed by atoms with Crippen LogP contribution in [-0.2, 0) is 9.84 Å². The van der Waals surface area contributed by atoms with Crippen LogP contribution in [0.5, 0.6) is 0 Å². The molecule has 2 atom stereocenters. The second kappa shape index (κ2) is 3.11. The minimum absolute atomic E-state index is 0.00926. The zero-order chi connectivity index (χ0) is 8.48. The van der Waals surface area contributed by atoms with Gasteiger partial charge in [-0.3, -0.25) is 0 Å². The lowest BCUT2D eigenvalue weighted by Crippen LogP contribution is -2.20. The van der Waals surface area contributed by atoms with Crippen LogP contribution in [0.3, 0.4) is 0 Å². The van der Waals surface area contributed by atoms with Crippen molar-refractivity contribution in [2.75, 3.05) is 11.5 Å². The Balaban J connectivity index is 2.55. The van der Waals surface area contributed by atoms with Gasteiger partial charge >= 0.3 is 0 Å². The van der Waals surface area contributed by atoms with Crippen molar-refractivity contribution in [1.82, 2.24) is 0 Å². The lowest BCUT2D eigenvalue weighted by atomic mass is 10.0. The molecule has 3 nitrogen and oxygen atoms in total. The van der Waals surface area contributed by atoms with Crippen LogP contribution in [-0.4, -0.2) is 31.1 Å². The summed E-state index contributed by atoms with van der Waals surface area (Å²) < 4.78 is 21.9. The molecule has 0 aromatic rings. The third-order valence-electron chi connectivity index (χ3n) is 2.23. The summed E-state index contributed by atoms with van der Waals surface area (Å²) >= 11 is 0. The van der Waals surface area contributed by atoms with Gasteiger partial charge in [0.2, 0.25) is 0 Å². The van der Waals surface area contributed by atoms with Gasteiger partial charge in [0.05, 0.1) is 17.6 Å². The third kappa shape index (κ3) is 2.17. The predicted octanol–water partition coefficient (Wildman–Crippen LogP) is 0.192. The van der Waals surface area contributed by atoms with Crippen LogP contribution in [0.1, 0.15) is 19.8 Å². The fourth-order valence-corrected chi connectivity index (χ4v) is 3.33. The Bertz CT molecular complexity index is 220. The maximum absolute atomic E-state index is 11.0. The van der Waals surface area contributed by atoms with Crippen LogP contribution in [0, 0.1) is 5.92 Å². The van der Waals surface area contributed by atoms with Crippen LogP contribution in [0.15, 0.2) is 0 Å². The highest BCUT2D eigenvalue weighted by atomic mass is 32.2. The maximum Gasteiger partial charge on any atom is 0.150 e. The number of rotatable bonds is 2. The first-order valence-corrected chi connectivity index (χ1v) is 5.76. The zero-order valence-corrected chi connectivity index (χ0v) is 7.47. The van der Waals surface area contributed by atoms with E-state index in [-0.39, 0.29) is 17.4 Å². The molecule has 1 rings (SSSR count). The summed E-state index contributed by atoms with van der Waals surface area (Å²) in [4.78, 5) is 0. The molecule has 0 bridgehead atoms. The lowest BCUT2D eigenvalue weighted by molar-refractivity contribution is 0.116. The molecule has 0 aromatic carbocycles. The standard InChI is InChI=1S/C7H14O3S/c1-2-7(8)6-3-4-11(9,10)5-6/h6-8H,2-5H2,1H3/t6?,7-/m1/s1. The summed E-state index contributed by atoms with van der Waals surface area (Å²) in [6.45, 7) is 1.87. The molecule has 0 aromatic heterocycles. The molecule has 0 spiro atoms. The molecular formula is C7H14O3S. The smallest absolute Gasteiger partial charge is 0.150 e. The van der Waals surface area contributed by atoms with Crippen molar-refractivity contribution in [3.63, 3.8) is 0 Å². The molecule has 1 unspecified atom stereocenters. The monoisotopic (exact) mass is 178 g/mol. The Morgan fingerprint density at radius 3 is 2.64 bits per heavy atom. The second-order valence-corrected chi connectivity index (χ2v) is 5.37. The normalized spacial score (nSPS) is 32.0. The summed E-state index contributed by atoms with van der Waals surface area (Å²) in [5, 5.41) is 9.33. The number of hydrogen-bond donors (Lipinski definition) is 1. The quantitative estimate of drug-likeness (QED) is 0.657. The van der Waals surface area contributed by atoms with E-state index >= 15 is 0 Å². The molecule has 1 aliphatic heterocycles. The second-order valence-electron chi connectivity index (χ2n) is 3.14. The fourth-order valence-electron chi connectivity index (χ4n) is 1.46. The van der Waals surface area contributed by atoms with Crippen molar-refractivity contribution in [3.8, 4) is 0 Å². The van der Waals surface area contributed by atoms with Gasteiger partial charge in [-0.05, 0) is 18.8 Å². The summed E-state index contributed by atoms with van der Waals surface area (Å²) in [6.07, 6.45) is 0.865. The van der Waals surface area contributed by atoms with Crippen LogP contribution >= 0.6 is 0 Å². The van der Waals surface area contributed by atoms with Gasteiger partial charge < -0.3 is 5.11 Å². The highest BCUT2D eigenvalue weighted by Gasteiger charge is 2.31. The van der Waals surface area contributed by atoms with Gasteiger partial charge in [-0.2, -0.15) is 0 Å². The average Bonchev–Trinajstić information content (AvgIpc) is 2.29. The Morgan fingerprint density at radius 1 is 1.64 bits per heavy atom. The minimum Gasteiger partial charge on any atom is -0.393 e. The van der Waals surface area contributed by atoms with Gasteiger partial charge in [-0.1, -0.05) is 6.92 Å². The summed E-state index contributed by atoms with van der Waals surface area (Å²) in [5.74, 6) is 0.432. The van der Waals surface area contributed by atoms with Crippen LogP contribution < -0.4 is 0 Å². The molecule has 1 fully saturated rings. The molecule has 0 radical (unpaired) electrons. The molecule has 66 valence electrons. The minimum atomic E-state index is -2.81. The SMILES string of the molecule is CC[C@@H](O)C1CCS(=O)(=O)C1. The molecule has 0 amide bonds. The van der Waals surface area contributed by atoms with Gasteiger partial charge in [-0.15, -0.1) is 0 Å². The van der Waals surface area contributed by atoms with E-state index in [1.54, 1.807) is 0 Å². The highest BCUT2D eigenvalue weighted by Crippen LogP contribution is 2.22. The van der Waals surface area contributed by atoms with Gasteiger partial charge in [0.15, 0.2) is 9.84 Å². The van der Waals surface area contributed by atoms with E-state index in [0.717, 1.165) is 0 Å². The van der Waals surface area contributed by atoms with E-state index in [0.29, 0.717) is 12.8 Å². The first kappa shape index (κ1) is 9.00. The molecule has 1 aliphatic rings. The van der Waals surface area contributed by atoms with Gasteiger partial charge in [-0.25, -0.2) is 8.42 Å². The van der Waals surface area contributed by atoms with E-state index in [9.17, 15) is 13.5 Å². The van der Waals surface area contributed by atoms with Gasteiger partial charge in [0.1, 0.15) is 0 Å². The van der Waals surface area contributed by atoms with Gasteiger partial charge in [0, 0.05) is 0 Å². The van der Waals surface area contributed by atoms with E-state index in [2.05, 4.69) is 0 Å². The van der Waals surface area contributed by atoms with E-state index in [1.807, 2.05) is 6.92 Å². The molecule has 0 aliphatic carbocycles. The number of aliphatic hydroxyl groups excluding tert-OH is 1. The van der Waals surface area contributed by atoms with Crippen LogP contribution in [0.25, 0.3) is 0 Å². The fraction of sp³-hybridized carbons (Fsp3) is 1.00. The Labute approximate surface area is 67.3 Å². The molecule has 1 saturated heterocycles. The predicted molar refractivity (Wildman–Crippen MR) is 43.1 cm³/mol. The van der Waals surface area contributed by atoms with Crippen LogP contribution in [0.2, 0.25) is 0 Å². The summed E-state index contributed by atoms with van der Waals surface area (Å²) in [6, 6.07) is 0. The number of aliphatic hydroxyl groups is 1. The molecule has 1 heterocycles. The van der Waals surface area contributed by atoms with Crippen molar-refractivity contribution in [1.29, 1.82) is 0 Å². The van der Waals surface area contributed by atoms with E-state index in [1.165, 1.54) is 0 Å². The van der Waals surface area contributed by atoms with E-state index in [4.69, 9.17) is 0 Å².